The van der Waals surface area contributed by atoms with E-state index in [4.69, 9.17) is 9.47 Å². The van der Waals surface area contributed by atoms with Crippen LogP contribution in [0.5, 0.6) is 0 Å². The topological polar surface area (TPSA) is 35.5 Å². The molecule has 0 spiro atoms. The molecule has 0 aromatic rings. The lowest BCUT2D eigenvalue weighted by atomic mass is 10.1. The van der Waals surface area contributed by atoms with Crippen LogP contribution >= 0.6 is 0 Å². The summed E-state index contributed by atoms with van der Waals surface area (Å²) in [7, 11) is 1.66. The number of esters is 1. The molecule has 0 aliphatic rings. The monoisotopic (exact) mass is 212 g/mol. The van der Waals surface area contributed by atoms with E-state index in [1.54, 1.807) is 7.11 Å². The molecular weight excluding hydrogens is 192 g/mol. The fraction of sp³-hybridized carbons (Fsp3) is 0.583. The number of carbonyl (C=O) groups excluding carboxylic acids is 1. The lowest BCUT2D eigenvalue weighted by Gasteiger charge is -2.01. The van der Waals surface area contributed by atoms with Crippen molar-refractivity contribution in [2.75, 3.05) is 13.7 Å². The molecule has 0 aromatic carbocycles. The summed E-state index contributed by atoms with van der Waals surface area (Å²) in [5.74, 6) is 0.692. The SMILES string of the molecule is CO/C(C)=C/CC/C(C)=C/COC(C)=O. The maximum absolute atomic E-state index is 10.5. The van der Waals surface area contributed by atoms with Gasteiger partial charge in [-0.05, 0) is 38.8 Å². The predicted octanol–water partition coefficient (Wildman–Crippen LogP) is 2.83. The molecule has 86 valence electrons. The van der Waals surface area contributed by atoms with Gasteiger partial charge in [0.2, 0.25) is 0 Å². The van der Waals surface area contributed by atoms with Gasteiger partial charge in [0.15, 0.2) is 0 Å². The average molecular weight is 212 g/mol. The van der Waals surface area contributed by atoms with Gasteiger partial charge in [0, 0.05) is 6.92 Å². The summed E-state index contributed by atoms with van der Waals surface area (Å²) in [6.45, 7) is 5.74. The van der Waals surface area contributed by atoms with Crippen molar-refractivity contribution in [1.82, 2.24) is 0 Å². The van der Waals surface area contributed by atoms with E-state index >= 15 is 0 Å². The first-order valence-electron chi connectivity index (χ1n) is 5.06. The summed E-state index contributed by atoms with van der Waals surface area (Å²) in [5.41, 5.74) is 1.22. The van der Waals surface area contributed by atoms with Gasteiger partial charge < -0.3 is 9.47 Å². The van der Waals surface area contributed by atoms with E-state index in [0.717, 1.165) is 18.6 Å². The van der Waals surface area contributed by atoms with Crippen LogP contribution in [0.4, 0.5) is 0 Å². The third kappa shape index (κ3) is 9.06. The number of methoxy groups -OCH3 is 1. The summed E-state index contributed by atoms with van der Waals surface area (Å²) in [6.07, 6.45) is 5.88. The van der Waals surface area contributed by atoms with Gasteiger partial charge in [0.05, 0.1) is 12.9 Å². The molecule has 0 amide bonds. The lowest BCUT2D eigenvalue weighted by molar-refractivity contribution is -0.139. The Morgan fingerprint density at radius 1 is 1.20 bits per heavy atom. The van der Waals surface area contributed by atoms with Crippen LogP contribution in [-0.2, 0) is 14.3 Å². The number of carbonyl (C=O) groups is 1. The van der Waals surface area contributed by atoms with Crippen molar-refractivity contribution >= 4 is 5.97 Å². The first-order chi connectivity index (χ1) is 7.06. The van der Waals surface area contributed by atoms with E-state index in [1.165, 1.54) is 12.5 Å². The maximum Gasteiger partial charge on any atom is 0.302 e. The molecule has 3 nitrogen and oxygen atoms in total. The zero-order chi connectivity index (χ0) is 11.7. The number of rotatable bonds is 6. The minimum atomic E-state index is -0.242. The molecule has 0 radical (unpaired) electrons. The van der Waals surface area contributed by atoms with Crippen molar-refractivity contribution < 1.29 is 14.3 Å². The van der Waals surface area contributed by atoms with Crippen LogP contribution in [0.3, 0.4) is 0 Å². The largest absolute Gasteiger partial charge is 0.502 e. The van der Waals surface area contributed by atoms with E-state index in [0.29, 0.717) is 6.61 Å². The predicted molar refractivity (Wildman–Crippen MR) is 60.4 cm³/mol. The molecular formula is C12H20O3. The first-order valence-corrected chi connectivity index (χ1v) is 5.06. The number of allylic oxidation sites excluding steroid dienone is 3. The van der Waals surface area contributed by atoms with Crippen LogP contribution in [0.1, 0.15) is 33.6 Å². The molecule has 15 heavy (non-hydrogen) atoms. The van der Waals surface area contributed by atoms with Gasteiger partial charge in [-0.25, -0.2) is 0 Å². The van der Waals surface area contributed by atoms with Crippen molar-refractivity contribution in [3.8, 4) is 0 Å². The Balaban J connectivity index is 3.73. The van der Waals surface area contributed by atoms with Gasteiger partial charge in [-0.1, -0.05) is 5.57 Å². The fourth-order valence-electron chi connectivity index (χ4n) is 0.990. The van der Waals surface area contributed by atoms with Crippen molar-refractivity contribution in [2.24, 2.45) is 0 Å². The summed E-state index contributed by atoms with van der Waals surface area (Å²) < 4.78 is 9.82. The fourth-order valence-corrected chi connectivity index (χ4v) is 0.990. The molecule has 0 aliphatic heterocycles. The molecule has 0 saturated heterocycles. The molecule has 0 fully saturated rings. The summed E-state index contributed by atoms with van der Waals surface area (Å²) in [6, 6.07) is 0. The zero-order valence-corrected chi connectivity index (χ0v) is 10.0. The van der Waals surface area contributed by atoms with Crippen LogP contribution < -0.4 is 0 Å². The van der Waals surface area contributed by atoms with Gasteiger partial charge in [-0.3, -0.25) is 4.79 Å². The van der Waals surface area contributed by atoms with Crippen LogP contribution in [0.25, 0.3) is 0 Å². The van der Waals surface area contributed by atoms with Crippen molar-refractivity contribution in [1.29, 1.82) is 0 Å². The molecule has 0 unspecified atom stereocenters. The van der Waals surface area contributed by atoms with E-state index in [2.05, 4.69) is 0 Å². The van der Waals surface area contributed by atoms with Crippen LogP contribution in [0.2, 0.25) is 0 Å². The number of ether oxygens (including phenoxy) is 2. The van der Waals surface area contributed by atoms with E-state index in [1.807, 2.05) is 26.0 Å². The second-order valence-electron chi connectivity index (χ2n) is 3.41. The van der Waals surface area contributed by atoms with E-state index in [9.17, 15) is 4.79 Å². The molecule has 0 aromatic heterocycles. The molecule has 0 heterocycles. The van der Waals surface area contributed by atoms with Crippen molar-refractivity contribution in [2.45, 2.75) is 33.6 Å². The molecule has 0 aliphatic carbocycles. The molecule has 0 N–H and O–H groups in total. The number of hydrogen-bond acceptors (Lipinski definition) is 3. The maximum atomic E-state index is 10.5. The highest BCUT2D eigenvalue weighted by atomic mass is 16.5. The molecule has 0 bridgehead atoms. The van der Waals surface area contributed by atoms with Gasteiger partial charge in [-0.2, -0.15) is 0 Å². The van der Waals surface area contributed by atoms with Gasteiger partial charge in [0.1, 0.15) is 6.61 Å². The first kappa shape index (κ1) is 13.8. The summed E-state index contributed by atoms with van der Waals surface area (Å²) in [4.78, 5) is 10.5. The lowest BCUT2D eigenvalue weighted by Crippen LogP contribution is -1.98. The molecule has 0 saturated carbocycles. The molecule has 0 atom stereocenters. The average Bonchev–Trinajstić information content (AvgIpc) is 2.17. The van der Waals surface area contributed by atoms with E-state index in [-0.39, 0.29) is 5.97 Å². The Labute approximate surface area is 91.8 Å². The Morgan fingerprint density at radius 2 is 1.87 bits per heavy atom. The van der Waals surface area contributed by atoms with Crippen LogP contribution in [0, 0.1) is 0 Å². The van der Waals surface area contributed by atoms with Crippen LogP contribution in [-0.4, -0.2) is 19.7 Å². The van der Waals surface area contributed by atoms with Crippen molar-refractivity contribution in [3.05, 3.63) is 23.5 Å². The second-order valence-corrected chi connectivity index (χ2v) is 3.41. The zero-order valence-electron chi connectivity index (χ0n) is 10.0. The smallest absolute Gasteiger partial charge is 0.302 e. The highest BCUT2D eigenvalue weighted by Crippen LogP contribution is 2.06. The highest BCUT2D eigenvalue weighted by molar-refractivity contribution is 5.66. The van der Waals surface area contributed by atoms with E-state index < -0.39 is 0 Å². The molecule has 0 rings (SSSR count). The second kappa shape index (κ2) is 8.09. The van der Waals surface area contributed by atoms with Gasteiger partial charge in [0.25, 0.3) is 0 Å². The van der Waals surface area contributed by atoms with Crippen LogP contribution in [0.15, 0.2) is 23.5 Å². The summed E-state index contributed by atoms with van der Waals surface area (Å²) in [5, 5.41) is 0. The minimum absolute atomic E-state index is 0.242. The van der Waals surface area contributed by atoms with Gasteiger partial charge >= 0.3 is 5.97 Å². The Hall–Kier alpha value is -1.25. The minimum Gasteiger partial charge on any atom is -0.502 e. The highest BCUT2D eigenvalue weighted by Gasteiger charge is 1.92. The Kier molecular flexibility index (Phi) is 7.42. The third-order valence-corrected chi connectivity index (χ3v) is 2.01. The normalized spacial score (nSPS) is 12.5. The van der Waals surface area contributed by atoms with Crippen molar-refractivity contribution in [3.63, 3.8) is 0 Å². The summed E-state index contributed by atoms with van der Waals surface area (Å²) >= 11 is 0. The molecule has 3 heteroatoms. The van der Waals surface area contributed by atoms with Gasteiger partial charge in [-0.15, -0.1) is 0 Å². The third-order valence-electron chi connectivity index (χ3n) is 2.01. The standard InChI is InChI=1S/C12H20O3/c1-10(8-9-15-12(3)13)6-5-7-11(2)14-4/h7-8H,5-6,9H2,1-4H3/b10-8+,11-7+. The number of hydrogen-bond donors (Lipinski definition) is 0. The quantitative estimate of drug-likeness (QED) is 0.386. The Morgan fingerprint density at radius 3 is 2.40 bits per heavy atom. The Bertz CT molecular complexity index is 252.